The molecule has 0 atom stereocenters. The van der Waals surface area contributed by atoms with Crippen molar-refractivity contribution in [3.8, 4) is 45.6 Å². The highest BCUT2D eigenvalue weighted by molar-refractivity contribution is 6.13. The average molecular weight is 729 g/mol. The maximum atomic E-state index is 5.43. The standard InChI is InChI=1S/C49H28N8/c1-57-48-40-24-32-16-8-9-17-33(32)25-41(40)49(57)56-47-39-23-31-15-7-5-13-29(31)21-37(39)45(54-47)52-43-35-19-27-11-3-2-10-26(27)18-34(35)42(50-43)51-44-36-20-28-12-4-6-14-30(28)22-38(36)46(53-44)55-48/h2-25H,1H3,(H,50,51,52,53,54,55,56). The third-order valence-corrected chi connectivity index (χ3v) is 11.7. The van der Waals surface area contributed by atoms with Crippen LogP contribution in [0.4, 0.5) is 0 Å². The molecule has 13 rings (SSSR count). The van der Waals surface area contributed by atoms with Crippen molar-refractivity contribution in [3.63, 3.8) is 0 Å². The van der Waals surface area contributed by atoms with Crippen molar-refractivity contribution < 1.29 is 0 Å². The van der Waals surface area contributed by atoms with Crippen molar-refractivity contribution >= 4 is 87.2 Å². The average Bonchev–Trinajstić information content (AvgIpc) is 3.94. The summed E-state index contributed by atoms with van der Waals surface area (Å²) < 4.78 is 2.07. The minimum Gasteiger partial charge on any atom is -0.324 e. The number of benzene rings is 8. The van der Waals surface area contributed by atoms with Crippen molar-refractivity contribution in [2.75, 3.05) is 0 Å². The van der Waals surface area contributed by atoms with E-state index in [-0.39, 0.29) is 0 Å². The van der Waals surface area contributed by atoms with E-state index in [2.05, 4.69) is 155 Å². The highest BCUT2D eigenvalue weighted by atomic mass is 15.1. The Morgan fingerprint density at radius 2 is 0.614 bits per heavy atom. The molecule has 2 aliphatic heterocycles. The molecule has 0 aliphatic carbocycles. The number of aryl methyl sites for hydroxylation is 1. The van der Waals surface area contributed by atoms with Gasteiger partial charge in [-0.25, -0.2) is 29.9 Å². The van der Waals surface area contributed by atoms with Crippen LogP contribution in [0.2, 0.25) is 0 Å². The van der Waals surface area contributed by atoms with E-state index in [9.17, 15) is 0 Å². The summed E-state index contributed by atoms with van der Waals surface area (Å²) in [6.07, 6.45) is 0. The minimum atomic E-state index is 0.587. The Morgan fingerprint density at radius 3 is 0.947 bits per heavy atom. The topological polar surface area (TPSA) is 98.1 Å². The second kappa shape index (κ2) is 11.1. The predicted octanol–water partition coefficient (Wildman–Crippen LogP) is 11.5. The number of hydrogen-bond acceptors (Lipinski definition) is 6. The van der Waals surface area contributed by atoms with Crippen LogP contribution in [0.3, 0.4) is 0 Å². The second-order valence-corrected chi connectivity index (χ2v) is 15.0. The van der Waals surface area contributed by atoms with Gasteiger partial charge in [0.05, 0.1) is 0 Å². The number of nitrogens with one attached hydrogen (secondary N) is 1. The first-order chi connectivity index (χ1) is 28.1. The monoisotopic (exact) mass is 728 g/mol. The predicted molar refractivity (Wildman–Crippen MR) is 231 cm³/mol. The fraction of sp³-hybridized carbons (Fsp3) is 0.0204. The van der Waals surface area contributed by atoms with Crippen LogP contribution in [0.25, 0.3) is 133 Å². The quantitative estimate of drug-likeness (QED) is 0.167. The van der Waals surface area contributed by atoms with Gasteiger partial charge in [-0.05, 0) is 91.6 Å². The molecule has 0 fully saturated rings. The zero-order chi connectivity index (χ0) is 37.4. The first-order valence-electron chi connectivity index (χ1n) is 19.0. The van der Waals surface area contributed by atoms with Gasteiger partial charge in [-0.3, -0.25) is 0 Å². The van der Waals surface area contributed by atoms with Gasteiger partial charge < -0.3 is 9.55 Å². The normalized spacial score (nSPS) is 12.3. The Labute approximate surface area is 323 Å². The maximum Gasteiger partial charge on any atom is 0.164 e. The number of aromatic nitrogens is 8. The van der Waals surface area contributed by atoms with E-state index in [4.69, 9.17) is 29.9 Å². The molecular weight excluding hydrogens is 701 g/mol. The van der Waals surface area contributed by atoms with E-state index in [0.717, 1.165) is 98.2 Å². The molecule has 57 heavy (non-hydrogen) atoms. The number of fused-ring (bicyclic) bond motifs is 24. The molecule has 0 amide bonds. The largest absolute Gasteiger partial charge is 0.324 e. The molecule has 264 valence electrons. The summed E-state index contributed by atoms with van der Waals surface area (Å²) in [6, 6.07) is 51.1. The van der Waals surface area contributed by atoms with Gasteiger partial charge >= 0.3 is 0 Å². The van der Waals surface area contributed by atoms with Crippen molar-refractivity contribution in [1.82, 2.24) is 39.5 Å². The van der Waals surface area contributed by atoms with E-state index >= 15 is 0 Å². The molecular formula is C49H28N8. The highest BCUT2D eigenvalue weighted by Gasteiger charge is 2.24. The van der Waals surface area contributed by atoms with Gasteiger partial charge in [0.2, 0.25) is 0 Å². The summed E-state index contributed by atoms with van der Waals surface area (Å²) in [5.41, 5.74) is 6.56. The minimum absolute atomic E-state index is 0.587. The van der Waals surface area contributed by atoms with Crippen LogP contribution >= 0.6 is 0 Å². The summed E-state index contributed by atoms with van der Waals surface area (Å²) in [5.74, 6) is 2.37. The molecule has 11 aromatic rings. The fourth-order valence-corrected chi connectivity index (χ4v) is 8.81. The van der Waals surface area contributed by atoms with Gasteiger partial charge in [-0.15, -0.1) is 0 Å². The lowest BCUT2D eigenvalue weighted by Gasteiger charge is -2.03. The van der Waals surface area contributed by atoms with Crippen LogP contribution in [0.1, 0.15) is 0 Å². The van der Waals surface area contributed by atoms with Crippen LogP contribution in [0.15, 0.2) is 146 Å². The summed E-state index contributed by atoms with van der Waals surface area (Å²) in [5, 5.41) is 12.8. The molecule has 0 saturated heterocycles. The zero-order valence-electron chi connectivity index (χ0n) is 30.5. The molecule has 3 aromatic heterocycles. The molecule has 0 unspecified atom stereocenters. The molecule has 1 N–H and O–H groups in total. The fourth-order valence-electron chi connectivity index (χ4n) is 8.81. The molecule has 0 spiro atoms. The Kier molecular flexibility index (Phi) is 5.94. The Bertz CT molecular complexity index is 3540. The number of H-pyrrole nitrogens is 1. The van der Waals surface area contributed by atoms with Crippen LogP contribution in [-0.4, -0.2) is 39.5 Å². The lowest BCUT2D eigenvalue weighted by atomic mass is 10.0. The molecule has 8 nitrogen and oxygen atoms in total. The smallest absolute Gasteiger partial charge is 0.164 e. The van der Waals surface area contributed by atoms with Crippen LogP contribution in [0.5, 0.6) is 0 Å². The Balaban J connectivity index is 1.25. The van der Waals surface area contributed by atoms with Crippen LogP contribution in [-0.2, 0) is 7.05 Å². The van der Waals surface area contributed by atoms with E-state index in [1.807, 2.05) is 7.05 Å². The molecule has 5 heterocycles. The molecule has 0 saturated carbocycles. The van der Waals surface area contributed by atoms with Gasteiger partial charge in [0, 0.05) is 50.8 Å². The van der Waals surface area contributed by atoms with Gasteiger partial charge in [0.1, 0.15) is 22.6 Å². The summed E-state index contributed by atoms with van der Waals surface area (Å²) >= 11 is 0. The first kappa shape index (κ1) is 30.5. The maximum absolute atomic E-state index is 5.43. The summed E-state index contributed by atoms with van der Waals surface area (Å²) in [6.45, 7) is 0. The second-order valence-electron chi connectivity index (χ2n) is 15.0. The van der Waals surface area contributed by atoms with Gasteiger partial charge in [-0.1, -0.05) is 97.1 Å². The van der Waals surface area contributed by atoms with E-state index < -0.39 is 0 Å². The van der Waals surface area contributed by atoms with Crippen LogP contribution < -0.4 is 0 Å². The van der Waals surface area contributed by atoms with Crippen molar-refractivity contribution in [2.45, 2.75) is 0 Å². The van der Waals surface area contributed by atoms with Gasteiger partial charge in [0.15, 0.2) is 23.3 Å². The number of rotatable bonds is 0. The van der Waals surface area contributed by atoms with Crippen molar-refractivity contribution in [1.29, 1.82) is 0 Å². The van der Waals surface area contributed by atoms with Crippen molar-refractivity contribution in [2.24, 2.45) is 7.05 Å². The number of hydrogen-bond donors (Lipinski definition) is 1. The molecule has 8 heteroatoms. The van der Waals surface area contributed by atoms with Gasteiger partial charge in [-0.2, -0.15) is 0 Å². The molecule has 8 aromatic carbocycles. The lowest BCUT2D eigenvalue weighted by Crippen LogP contribution is -1.93. The van der Waals surface area contributed by atoms with Gasteiger partial charge in [0.25, 0.3) is 0 Å². The summed E-state index contributed by atoms with van der Waals surface area (Å²) in [4.78, 5) is 35.6. The molecule has 2 aliphatic rings. The van der Waals surface area contributed by atoms with Crippen molar-refractivity contribution in [3.05, 3.63) is 146 Å². The Hall–Kier alpha value is -7.84. The van der Waals surface area contributed by atoms with E-state index in [1.165, 1.54) is 0 Å². The molecule has 8 bridgehead atoms. The summed E-state index contributed by atoms with van der Waals surface area (Å²) in [7, 11) is 2.03. The number of nitrogens with zero attached hydrogens (tertiary/aromatic N) is 7. The van der Waals surface area contributed by atoms with Crippen LogP contribution in [0, 0.1) is 0 Å². The number of aromatic amines is 1. The Morgan fingerprint density at radius 1 is 0.333 bits per heavy atom. The van der Waals surface area contributed by atoms with E-state index in [0.29, 0.717) is 34.6 Å². The first-order valence-corrected chi connectivity index (χ1v) is 19.0. The molecule has 0 radical (unpaired) electrons. The lowest BCUT2D eigenvalue weighted by molar-refractivity contribution is 0.967. The zero-order valence-corrected chi connectivity index (χ0v) is 30.5. The SMILES string of the molecule is Cn1c2nc3nc(nc4[nH]c(nc5nc(nc1c1cc6ccccc6cc12)-c1cc2ccccc2cc1-5)c1cc2ccccc2cc41)-c1cc2ccccc2cc1-3. The third-order valence-electron chi connectivity index (χ3n) is 11.7. The highest BCUT2D eigenvalue weighted by Crippen LogP contribution is 2.41. The third kappa shape index (κ3) is 4.43. The van der Waals surface area contributed by atoms with E-state index in [1.54, 1.807) is 0 Å².